The fraction of sp³-hybridized carbons (Fsp3) is 0.188. The molecule has 0 radical (unpaired) electrons. The fourth-order valence-electron chi connectivity index (χ4n) is 2.70. The van der Waals surface area contributed by atoms with Crippen LogP contribution in [0.2, 0.25) is 0 Å². The first-order valence-corrected chi connectivity index (χ1v) is 6.42. The van der Waals surface area contributed by atoms with E-state index < -0.39 is 0 Å². The largest absolute Gasteiger partial charge is 0.508 e. The highest BCUT2D eigenvalue weighted by molar-refractivity contribution is 5.89. The maximum Gasteiger partial charge on any atom is 0.182 e. The third kappa shape index (κ3) is 1.62. The summed E-state index contributed by atoms with van der Waals surface area (Å²) in [7, 11) is 0. The summed E-state index contributed by atoms with van der Waals surface area (Å²) >= 11 is 0. The summed E-state index contributed by atoms with van der Waals surface area (Å²) in [5.74, 6) is 1.33. The molecule has 0 unspecified atom stereocenters. The maximum atomic E-state index is 11.5. The molecule has 1 fully saturated rings. The van der Waals surface area contributed by atoms with Gasteiger partial charge >= 0.3 is 0 Å². The van der Waals surface area contributed by atoms with Gasteiger partial charge in [-0.2, -0.15) is 0 Å². The fourth-order valence-corrected chi connectivity index (χ4v) is 2.70. The van der Waals surface area contributed by atoms with Gasteiger partial charge in [-0.1, -0.05) is 0 Å². The predicted molar refractivity (Wildman–Crippen MR) is 72.7 cm³/mol. The first-order chi connectivity index (χ1) is 9.22. The van der Waals surface area contributed by atoms with Gasteiger partial charge in [-0.15, -0.1) is 0 Å². The summed E-state index contributed by atoms with van der Waals surface area (Å²) in [5.41, 5.74) is 2.84. The average molecular weight is 252 g/mol. The highest BCUT2D eigenvalue weighted by Crippen LogP contribution is 2.48. The molecule has 0 bridgehead atoms. The Bertz CT molecular complexity index is 812. The van der Waals surface area contributed by atoms with Gasteiger partial charge in [0.1, 0.15) is 17.1 Å². The second-order valence-corrected chi connectivity index (χ2v) is 5.13. The highest BCUT2D eigenvalue weighted by atomic mass is 16.3. The second-order valence-electron chi connectivity index (χ2n) is 5.13. The quantitative estimate of drug-likeness (QED) is 0.674. The second kappa shape index (κ2) is 3.60. The summed E-state index contributed by atoms with van der Waals surface area (Å²) < 4.78 is 5.77. The highest BCUT2D eigenvalue weighted by Gasteiger charge is 2.30. The van der Waals surface area contributed by atoms with Crippen molar-refractivity contribution in [2.75, 3.05) is 0 Å². The average Bonchev–Trinajstić information content (AvgIpc) is 3.19. The zero-order valence-corrected chi connectivity index (χ0v) is 10.2. The van der Waals surface area contributed by atoms with E-state index in [0.717, 1.165) is 10.9 Å². The minimum absolute atomic E-state index is 0.0579. The Morgan fingerprint density at radius 1 is 1.11 bits per heavy atom. The third-order valence-electron chi connectivity index (χ3n) is 3.70. The van der Waals surface area contributed by atoms with Gasteiger partial charge in [0, 0.05) is 23.1 Å². The molecule has 1 saturated carbocycles. The molecule has 3 aliphatic rings. The molecule has 0 amide bonds. The van der Waals surface area contributed by atoms with E-state index in [1.807, 2.05) is 12.1 Å². The minimum Gasteiger partial charge on any atom is -0.508 e. The molecule has 1 aromatic rings. The summed E-state index contributed by atoms with van der Waals surface area (Å²) in [6.45, 7) is 0. The lowest BCUT2D eigenvalue weighted by molar-refractivity contribution is 0.474. The van der Waals surface area contributed by atoms with Gasteiger partial charge in [-0.05, 0) is 48.6 Å². The molecule has 94 valence electrons. The van der Waals surface area contributed by atoms with Gasteiger partial charge in [0.25, 0.3) is 0 Å². The van der Waals surface area contributed by atoms with E-state index in [9.17, 15) is 9.90 Å². The van der Waals surface area contributed by atoms with Crippen LogP contribution in [0.25, 0.3) is 22.3 Å². The Balaban J connectivity index is 2.19. The van der Waals surface area contributed by atoms with Crippen molar-refractivity contribution in [3.8, 4) is 17.1 Å². The zero-order valence-electron chi connectivity index (χ0n) is 10.2. The number of hydrogen-bond donors (Lipinski definition) is 1. The number of benzene rings is 2. The van der Waals surface area contributed by atoms with E-state index in [4.69, 9.17) is 4.42 Å². The van der Waals surface area contributed by atoms with Gasteiger partial charge in [0.15, 0.2) is 5.43 Å². The van der Waals surface area contributed by atoms with Crippen molar-refractivity contribution in [3.05, 3.63) is 52.2 Å². The standard InChI is InChI=1S/C16H12O3/c17-10-3-5-12-14(7-10)19-15-8-11(18)4-6-13(15)16(12)9-1-2-9/h3-9,17H,1-2H2. The van der Waals surface area contributed by atoms with Crippen molar-refractivity contribution in [3.63, 3.8) is 0 Å². The van der Waals surface area contributed by atoms with Crippen molar-refractivity contribution in [2.24, 2.45) is 0 Å². The lowest BCUT2D eigenvalue weighted by atomic mass is 9.96. The number of rotatable bonds is 1. The third-order valence-corrected chi connectivity index (χ3v) is 3.70. The number of phenols is 1. The van der Waals surface area contributed by atoms with E-state index >= 15 is 0 Å². The monoisotopic (exact) mass is 252 g/mol. The summed E-state index contributed by atoms with van der Waals surface area (Å²) in [6.07, 6.45) is 2.35. The Labute approximate surface area is 109 Å². The number of hydrogen-bond acceptors (Lipinski definition) is 3. The molecule has 0 aromatic heterocycles. The van der Waals surface area contributed by atoms with E-state index in [-0.39, 0.29) is 11.2 Å². The van der Waals surface area contributed by atoms with Crippen LogP contribution in [0.3, 0.4) is 0 Å². The normalized spacial score (nSPS) is 15.2. The Kier molecular flexibility index (Phi) is 2.01. The molecular weight excluding hydrogens is 240 g/mol. The molecule has 1 N–H and O–H groups in total. The van der Waals surface area contributed by atoms with Crippen molar-refractivity contribution >= 4 is 11.0 Å². The van der Waals surface area contributed by atoms with Crippen molar-refractivity contribution in [1.29, 1.82) is 0 Å². The van der Waals surface area contributed by atoms with Gasteiger partial charge in [-0.3, -0.25) is 4.79 Å². The molecule has 4 rings (SSSR count). The zero-order chi connectivity index (χ0) is 13.0. The van der Waals surface area contributed by atoms with Gasteiger partial charge < -0.3 is 9.52 Å². The number of aromatic hydroxyl groups is 1. The van der Waals surface area contributed by atoms with Crippen molar-refractivity contribution in [2.45, 2.75) is 18.8 Å². The lowest BCUT2D eigenvalue weighted by Crippen LogP contribution is -2.00. The van der Waals surface area contributed by atoms with Crippen molar-refractivity contribution < 1.29 is 9.52 Å². The molecule has 19 heavy (non-hydrogen) atoms. The number of fused-ring (bicyclic) bond motifs is 2. The molecular formula is C16H12O3. The molecule has 0 saturated heterocycles. The number of phenolic OH excluding ortho intramolecular Hbond substituents is 1. The molecule has 3 heteroatoms. The van der Waals surface area contributed by atoms with Crippen LogP contribution < -0.4 is 5.43 Å². The molecule has 2 aliphatic carbocycles. The topological polar surface area (TPSA) is 50.4 Å². The van der Waals surface area contributed by atoms with Gasteiger partial charge in [0.2, 0.25) is 0 Å². The lowest BCUT2D eigenvalue weighted by Gasteiger charge is -2.14. The van der Waals surface area contributed by atoms with Gasteiger partial charge in [0.05, 0.1) is 0 Å². The Morgan fingerprint density at radius 2 is 1.95 bits per heavy atom. The molecule has 1 aromatic carbocycles. The van der Waals surface area contributed by atoms with Crippen molar-refractivity contribution in [1.82, 2.24) is 0 Å². The van der Waals surface area contributed by atoms with Crippen LogP contribution in [0.15, 0.2) is 45.6 Å². The van der Waals surface area contributed by atoms with E-state index in [2.05, 4.69) is 0 Å². The maximum absolute atomic E-state index is 11.5. The Morgan fingerprint density at radius 3 is 2.74 bits per heavy atom. The molecule has 0 spiro atoms. The molecule has 3 nitrogen and oxygen atoms in total. The van der Waals surface area contributed by atoms with Crippen LogP contribution in [0.4, 0.5) is 0 Å². The molecule has 1 heterocycles. The van der Waals surface area contributed by atoms with Gasteiger partial charge in [-0.25, -0.2) is 0 Å². The van der Waals surface area contributed by atoms with Crippen LogP contribution in [0, 0.1) is 0 Å². The molecule has 1 aliphatic heterocycles. The first kappa shape index (κ1) is 10.6. The van der Waals surface area contributed by atoms with Crippen LogP contribution >= 0.6 is 0 Å². The van der Waals surface area contributed by atoms with Crippen LogP contribution in [-0.2, 0) is 0 Å². The first-order valence-electron chi connectivity index (χ1n) is 6.42. The predicted octanol–water partition coefficient (Wildman–Crippen LogP) is 3.48. The summed E-state index contributed by atoms with van der Waals surface area (Å²) in [5, 5.41) is 10.6. The van der Waals surface area contributed by atoms with Crippen LogP contribution in [-0.4, -0.2) is 5.11 Å². The van der Waals surface area contributed by atoms with E-state index in [0.29, 0.717) is 17.3 Å². The van der Waals surface area contributed by atoms with Crippen LogP contribution in [0.5, 0.6) is 5.75 Å². The van der Waals surface area contributed by atoms with E-state index in [1.54, 1.807) is 18.2 Å². The summed E-state index contributed by atoms with van der Waals surface area (Å²) in [4.78, 5) is 11.5. The molecule has 0 atom stereocenters. The van der Waals surface area contributed by atoms with E-state index in [1.165, 1.54) is 24.5 Å². The smallest absolute Gasteiger partial charge is 0.182 e. The SMILES string of the molecule is O=c1ccc2c(C3CC3)c3ccc(O)cc3oc-2c1. The van der Waals surface area contributed by atoms with Crippen LogP contribution in [0.1, 0.15) is 24.3 Å². The minimum atomic E-state index is -0.0579. The summed E-state index contributed by atoms with van der Waals surface area (Å²) in [6, 6.07) is 10.1. The Hall–Kier alpha value is -2.29.